The number of ether oxygens (including phenoxy) is 2. The third-order valence-corrected chi connectivity index (χ3v) is 7.96. The van der Waals surface area contributed by atoms with Crippen molar-refractivity contribution in [2.45, 2.75) is 43.8 Å². The average Bonchev–Trinajstić information content (AvgIpc) is 3.52. The smallest absolute Gasteiger partial charge is 0.416 e. The van der Waals surface area contributed by atoms with Gasteiger partial charge in [-0.2, -0.15) is 13.2 Å². The van der Waals surface area contributed by atoms with Crippen LogP contribution in [-0.4, -0.2) is 35.7 Å². The summed E-state index contributed by atoms with van der Waals surface area (Å²) in [6.07, 6.45) is -1.30. The number of hydrazine groups is 1. The Morgan fingerprint density at radius 3 is 2.54 bits per heavy atom. The lowest BCUT2D eigenvalue weighted by Gasteiger charge is -2.31. The molecule has 1 heterocycles. The average molecular weight is 685 g/mol. The molecule has 1 aliphatic heterocycles. The molecular formula is C37H35F3N6O4. The van der Waals surface area contributed by atoms with Gasteiger partial charge in [0, 0.05) is 36.5 Å². The highest BCUT2D eigenvalue weighted by atomic mass is 19.4. The van der Waals surface area contributed by atoms with Gasteiger partial charge >= 0.3 is 6.18 Å². The van der Waals surface area contributed by atoms with Crippen molar-refractivity contribution in [2.24, 2.45) is 10.1 Å². The zero-order chi connectivity index (χ0) is 35.4. The summed E-state index contributed by atoms with van der Waals surface area (Å²) >= 11 is 0. The second-order valence-electron chi connectivity index (χ2n) is 11.4. The van der Waals surface area contributed by atoms with Crippen LogP contribution < -0.4 is 15.6 Å². The van der Waals surface area contributed by atoms with Crippen LogP contribution in [0, 0.1) is 0 Å². The Hall–Kier alpha value is -5.62. The zero-order valence-corrected chi connectivity index (χ0v) is 26.9. The SMILES string of the molecule is [N-]=[N+]=NCc1ccccc1[C@@H]1OC(c2ccc(OCCCO)cc2)=N[C@]1(C/C=C/c1ccccc1)C(=O)NNCc1cccc(C(F)(F)F)c1. The van der Waals surface area contributed by atoms with Crippen LogP contribution in [0.15, 0.2) is 119 Å². The molecule has 13 heteroatoms. The molecule has 0 bridgehead atoms. The molecule has 0 aromatic heterocycles. The lowest BCUT2D eigenvalue weighted by atomic mass is 9.82. The number of nitrogens with zero attached hydrogens (tertiary/aromatic N) is 4. The molecule has 0 saturated carbocycles. The Morgan fingerprint density at radius 2 is 1.80 bits per heavy atom. The van der Waals surface area contributed by atoms with Crippen LogP contribution in [0.4, 0.5) is 13.2 Å². The molecule has 10 nitrogen and oxygen atoms in total. The summed E-state index contributed by atoms with van der Waals surface area (Å²) in [7, 11) is 0. The Kier molecular flexibility index (Phi) is 11.9. The first-order valence-electron chi connectivity index (χ1n) is 15.8. The number of carbonyl (C=O) groups is 1. The number of azide groups is 1. The van der Waals surface area contributed by atoms with Gasteiger partial charge in [0.25, 0.3) is 5.91 Å². The molecule has 3 N–H and O–H groups in total. The molecule has 0 fully saturated rings. The Balaban J connectivity index is 1.53. The minimum absolute atomic E-state index is 0.00291. The van der Waals surface area contributed by atoms with Crippen LogP contribution >= 0.6 is 0 Å². The van der Waals surface area contributed by atoms with Crippen LogP contribution in [-0.2, 0) is 28.8 Å². The summed E-state index contributed by atoms with van der Waals surface area (Å²) in [6.45, 7) is 0.233. The normalized spacial score (nSPS) is 17.1. The van der Waals surface area contributed by atoms with Gasteiger partial charge in [0.2, 0.25) is 5.90 Å². The quantitative estimate of drug-likeness (QED) is 0.0392. The van der Waals surface area contributed by atoms with E-state index in [9.17, 15) is 18.0 Å². The standard InChI is InChI=1S/C37H35F3N6O4/c38-37(39,40)30-14-6-11-27(23-30)24-42-45-35(48)36(20-7-12-26-9-2-1-3-10-26)33(32-15-5-4-13-29(32)25-43-46-41)50-34(44-36)28-16-18-31(19-17-28)49-22-8-21-47/h1-7,9-19,23,33,42,47H,8,20-22,24-25H2,(H,45,48)/b12-7+/t33-,36-/m0/s1. The van der Waals surface area contributed by atoms with Gasteiger partial charge < -0.3 is 14.6 Å². The summed E-state index contributed by atoms with van der Waals surface area (Å²) in [4.78, 5) is 22.3. The summed E-state index contributed by atoms with van der Waals surface area (Å²) in [5.74, 6) is 0.159. The number of carbonyl (C=O) groups excluding carboxylic acids is 1. The summed E-state index contributed by atoms with van der Waals surface area (Å²) in [5, 5.41) is 12.8. The highest BCUT2D eigenvalue weighted by Gasteiger charge is 2.53. The molecule has 4 aromatic rings. The fourth-order valence-electron chi connectivity index (χ4n) is 5.47. The molecule has 4 aromatic carbocycles. The topological polar surface area (TPSA) is 141 Å². The fraction of sp³-hybridized carbons (Fsp3) is 0.243. The first-order chi connectivity index (χ1) is 24.2. The molecule has 0 radical (unpaired) electrons. The molecule has 5 rings (SSSR count). The van der Waals surface area contributed by atoms with E-state index in [0.717, 1.165) is 17.7 Å². The maximum atomic E-state index is 14.4. The van der Waals surface area contributed by atoms with E-state index in [4.69, 9.17) is 25.1 Å². The van der Waals surface area contributed by atoms with Crippen molar-refractivity contribution in [3.63, 3.8) is 0 Å². The Morgan fingerprint density at radius 1 is 1.04 bits per heavy atom. The highest BCUT2D eigenvalue weighted by molar-refractivity contribution is 6.01. The second kappa shape index (κ2) is 16.7. The monoisotopic (exact) mass is 684 g/mol. The van der Waals surface area contributed by atoms with Crippen LogP contribution in [0.2, 0.25) is 0 Å². The number of benzene rings is 4. The maximum absolute atomic E-state index is 14.4. The Bertz CT molecular complexity index is 1860. The van der Waals surface area contributed by atoms with E-state index in [-0.39, 0.29) is 32.0 Å². The van der Waals surface area contributed by atoms with Gasteiger partial charge in [-0.25, -0.2) is 10.4 Å². The fourth-order valence-corrected chi connectivity index (χ4v) is 5.47. The summed E-state index contributed by atoms with van der Waals surface area (Å²) in [5.41, 5.74) is 15.1. The molecule has 2 atom stereocenters. The predicted octanol–water partition coefficient (Wildman–Crippen LogP) is 7.46. The minimum atomic E-state index is -4.51. The lowest BCUT2D eigenvalue weighted by Crippen LogP contribution is -2.52. The molecule has 1 amide bonds. The number of hydrogen-bond donors (Lipinski definition) is 3. The Labute approximate surface area is 286 Å². The van der Waals surface area contributed by atoms with Crippen LogP contribution in [0.3, 0.4) is 0 Å². The van der Waals surface area contributed by atoms with E-state index in [2.05, 4.69) is 20.9 Å². The van der Waals surface area contributed by atoms with Crippen LogP contribution in [0.5, 0.6) is 5.75 Å². The number of aliphatic hydroxyl groups excluding tert-OH is 1. The predicted molar refractivity (Wildman–Crippen MR) is 183 cm³/mol. The second-order valence-corrected chi connectivity index (χ2v) is 11.4. The van der Waals surface area contributed by atoms with E-state index in [0.29, 0.717) is 41.0 Å². The summed E-state index contributed by atoms with van der Waals surface area (Å²) in [6, 6.07) is 28.4. The van der Waals surface area contributed by atoms with Crippen LogP contribution in [0.1, 0.15) is 52.3 Å². The van der Waals surface area contributed by atoms with Gasteiger partial charge in [0.15, 0.2) is 11.6 Å². The molecule has 0 saturated heterocycles. The molecular weight excluding hydrogens is 649 g/mol. The van der Waals surface area contributed by atoms with Crippen LogP contribution in [0.25, 0.3) is 16.5 Å². The van der Waals surface area contributed by atoms with E-state index < -0.39 is 29.3 Å². The van der Waals surface area contributed by atoms with Crippen molar-refractivity contribution in [1.29, 1.82) is 0 Å². The highest BCUT2D eigenvalue weighted by Crippen LogP contribution is 2.44. The van der Waals surface area contributed by atoms with E-state index in [1.807, 2.05) is 42.5 Å². The molecule has 0 spiro atoms. The number of alkyl halides is 3. The van der Waals surface area contributed by atoms with Gasteiger partial charge in [-0.1, -0.05) is 90.1 Å². The number of hydrogen-bond acceptors (Lipinski definition) is 7. The number of amides is 1. The van der Waals surface area contributed by atoms with Crippen molar-refractivity contribution < 1.29 is 32.5 Å². The van der Waals surface area contributed by atoms with Crippen molar-refractivity contribution >= 4 is 17.9 Å². The molecule has 1 aliphatic rings. The minimum Gasteiger partial charge on any atom is -0.494 e. The van der Waals surface area contributed by atoms with Gasteiger partial charge in [-0.05, 0) is 58.1 Å². The molecule has 0 unspecified atom stereocenters. The molecule has 258 valence electrons. The van der Waals surface area contributed by atoms with Gasteiger partial charge in [-0.3, -0.25) is 10.2 Å². The van der Waals surface area contributed by atoms with E-state index >= 15 is 0 Å². The number of aliphatic hydroxyl groups is 1. The van der Waals surface area contributed by atoms with Crippen molar-refractivity contribution in [3.05, 3.63) is 153 Å². The number of rotatable bonds is 15. The molecule has 0 aliphatic carbocycles. The third-order valence-electron chi connectivity index (χ3n) is 7.96. The first kappa shape index (κ1) is 35.7. The van der Waals surface area contributed by atoms with Gasteiger partial charge in [-0.15, -0.1) is 0 Å². The van der Waals surface area contributed by atoms with Crippen molar-refractivity contribution in [1.82, 2.24) is 10.9 Å². The van der Waals surface area contributed by atoms with Gasteiger partial charge in [0.05, 0.1) is 18.7 Å². The number of aliphatic imine (C=N–C) groups is 1. The maximum Gasteiger partial charge on any atom is 0.416 e. The van der Waals surface area contributed by atoms with Crippen molar-refractivity contribution in [2.75, 3.05) is 13.2 Å². The number of nitrogens with one attached hydrogen (secondary N) is 2. The summed E-state index contributed by atoms with van der Waals surface area (Å²) < 4.78 is 52.2. The largest absolute Gasteiger partial charge is 0.494 e. The lowest BCUT2D eigenvalue weighted by molar-refractivity contribution is -0.137. The van der Waals surface area contributed by atoms with E-state index in [1.165, 1.54) is 12.1 Å². The van der Waals surface area contributed by atoms with Gasteiger partial charge in [0.1, 0.15) is 5.75 Å². The van der Waals surface area contributed by atoms with E-state index in [1.54, 1.807) is 48.5 Å². The number of halogens is 3. The zero-order valence-electron chi connectivity index (χ0n) is 26.9. The molecule has 50 heavy (non-hydrogen) atoms. The third kappa shape index (κ3) is 8.88. The van der Waals surface area contributed by atoms with Crippen molar-refractivity contribution in [3.8, 4) is 5.75 Å². The first-order valence-corrected chi connectivity index (χ1v) is 15.8.